The highest BCUT2D eigenvalue weighted by Crippen LogP contribution is 2.13. The van der Waals surface area contributed by atoms with E-state index in [2.05, 4.69) is 25.6 Å². The van der Waals surface area contributed by atoms with E-state index in [9.17, 15) is 8.42 Å². The van der Waals surface area contributed by atoms with Crippen LogP contribution in [0.25, 0.3) is 0 Å². The second kappa shape index (κ2) is 5.68. The second-order valence-corrected chi connectivity index (χ2v) is 6.55. The number of halogens is 1. The Bertz CT molecular complexity index is 672. The Morgan fingerprint density at radius 2 is 1.89 bits per heavy atom. The molecule has 0 saturated carbocycles. The number of nitrogens with two attached hydrogens (primary N) is 1. The highest BCUT2D eigenvalue weighted by Gasteiger charge is 2.13. The minimum Gasteiger partial charge on any atom is -0.384 e. The molecule has 1 heterocycles. The molecule has 7 heteroatoms. The van der Waals surface area contributed by atoms with Crippen molar-refractivity contribution in [3.8, 4) is 0 Å². The lowest BCUT2D eigenvalue weighted by Gasteiger charge is -2.07. The summed E-state index contributed by atoms with van der Waals surface area (Å²) in [5.74, 6) is 0.173. The highest BCUT2D eigenvalue weighted by atomic mass is 79.9. The van der Waals surface area contributed by atoms with Crippen LogP contribution in [-0.2, 0) is 16.6 Å². The lowest BCUT2D eigenvalue weighted by Crippen LogP contribution is -2.23. The predicted molar refractivity (Wildman–Crippen MR) is 76.8 cm³/mol. The average Bonchev–Trinajstić information content (AvgIpc) is 2.38. The van der Waals surface area contributed by atoms with Gasteiger partial charge in [0.15, 0.2) is 0 Å². The quantitative estimate of drug-likeness (QED) is 0.889. The third kappa shape index (κ3) is 3.76. The number of hydrogen-bond acceptors (Lipinski definition) is 4. The number of nitrogen functional groups attached to an aromatic ring is 1. The van der Waals surface area contributed by atoms with Crippen molar-refractivity contribution in [3.05, 3.63) is 52.6 Å². The van der Waals surface area contributed by atoms with E-state index in [1.165, 1.54) is 18.3 Å². The first-order chi connectivity index (χ1) is 8.97. The Morgan fingerprint density at radius 3 is 2.53 bits per heavy atom. The first-order valence-electron chi connectivity index (χ1n) is 5.43. The van der Waals surface area contributed by atoms with Crippen molar-refractivity contribution in [3.63, 3.8) is 0 Å². The Hall–Kier alpha value is -1.44. The molecule has 0 fully saturated rings. The third-order valence-corrected chi connectivity index (χ3v) is 4.37. The van der Waals surface area contributed by atoms with Gasteiger partial charge in [-0.25, -0.2) is 18.1 Å². The maximum Gasteiger partial charge on any atom is 0.241 e. The zero-order valence-electron chi connectivity index (χ0n) is 9.88. The number of sulfonamides is 1. The van der Waals surface area contributed by atoms with Gasteiger partial charge in [0, 0.05) is 23.3 Å². The Labute approximate surface area is 120 Å². The van der Waals surface area contributed by atoms with Gasteiger partial charge in [-0.3, -0.25) is 0 Å². The fraction of sp³-hybridized carbons (Fsp3) is 0.0833. The maximum absolute atomic E-state index is 12.0. The summed E-state index contributed by atoms with van der Waals surface area (Å²) in [6.45, 7) is 0.220. The molecule has 2 rings (SSSR count). The first-order valence-corrected chi connectivity index (χ1v) is 7.71. The number of anilines is 1. The molecule has 1 aromatic carbocycles. The van der Waals surface area contributed by atoms with E-state index in [1.54, 1.807) is 0 Å². The highest BCUT2D eigenvalue weighted by molar-refractivity contribution is 9.10. The van der Waals surface area contributed by atoms with E-state index in [4.69, 9.17) is 5.73 Å². The van der Waals surface area contributed by atoms with E-state index >= 15 is 0 Å². The maximum atomic E-state index is 12.0. The van der Waals surface area contributed by atoms with Crippen molar-refractivity contribution in [2.75, 3.05) is 5.73 Å². The summed E-state index contributed by atoms with van der Waals surface area (Å²) >= 11 is 3.32. The normalized spacial score (nSPS) is 11.4. The average molecular weight is 342 g/mol. The van der Waals surface area contributed by atoms with Gasteiger partial charge in [0.2, 0.25) is 10.0 Å². The van der Waals surface area contributed by atoms with E-state index in [0.717, 1.165) is 10.0 Å². The summed E-state index contributed by atoms with van der Waals surface area (Å²) in [7, 11) is -3.57. The molecule has 0 unspecified atom stereocenters. The molecule has 19 heavy (non-hydrogen) atoms. The lowest BCUT2D eigenvalue weighted by molar-refractivity contribution is 0.581. The van der Waals surface area contributed by atoms with Gasteiger partial charge in [-0.05, 0) is 23.8 Å². The van der Waals surface area contributed by atoms with E-state index in [1.807, 2.05) is 24.3 Å². The van der Waals surface area contributed by atoms with Crippen LogP contribution >= 0.6 is 15.9 Å². The molecule has 0 saturated heterocycles. The van der Waals surface area contributed by atoms with Crippen LogP contribution in [0.3, 0.4) is 0 Å². The van der Waals surface area contributed by atoms with Crippen molar-refractivity contribution in [1.29, 1.82) is 0 Å². The topological polar surface area (TPSA) is 85.1 Å². The summed E-state index contributed by atoms with van der Waals surface area (Å²) in [6, 6.07) is 10.1. The van der Waals surface area contributed by atoms with Crippen LogP contribution < -0.4 is 10.5 Å². The molecule has 3 N–H and O–H groups in total. The summed E-state index contributed by atoms with van der Waals surface area (Å²) in [5.41, 5.74) is 6.34. The molecular weight excluding hydrogens is 330 g/mol. The fourth-order valence-electron chi connectivity index (χ4n) is 1.46. The van der Waals surface area contributed by atoms with E-state index < -0.39 is 10.0 Å². The Kier molecular flexibility index (Phi) is 4.18. The monoisotopic (exact) mass is 341 g/mol. The molecule has 0 atom stereocenters. The van der Waals surface area contributed by atoms with Crippen molar-refractivity contribution >= 4 is 31.8 Å². The smallest absolute Gasteiger partial charge is 0.241 e. The SMILES string of the molecule is Nc1cc(S(=O)(=O)NCc2ccc(Br)cc2)ccn1. The van der Waals surface area contributed by atoms with Crippen LogP contribution in [0.4, 0.5) is 5.82 Å². The van der Waals surface area contributed by atoms with Crippen LogP contribution in [0, 0.1) is 0 Å². The summed E-state index contributed by atoms with van der Waals surface area (Å²) in [4.78, 5) is 3.87. The molecule has 0 aliphatic heterocycles. The van der Waals surface area contributed by atoms with Crippen LogP contribution in [0.2, 0.25) is 0 Å². The lowest BCUT2D eigenvalue weighted by atomic mass is 10.2. The number of rotatable bonds is 4. The minimum absolute atomic E-state index is 0.108. The Balaban J connectivity index is 2.12. The number of pyridine rings is 1. The molecule has 0 radical (unpaired) electrons. The molecule has 0 aliphatic carbocycles. The predicted octanol–water partition coefficient (Wildman–Crippen LogP) is 1.90. The molecule has 0 amide bonds. The summed E-state index contributed by atoms with van der Waals surface area (Å²) in [6.07, 6.45) is 1.36. The van der Waals surface area contributed by atoms with Crippen molar-refractivity contribution < 1.29 is 8.42 Å². The molecular formula is C12H12BrN3O2S. The fourth-order valence-corrected chi connectivity index (χ4v) is 2.76. The molecule has 100 valence electrons. The second-order valence-electron chi connectivity index (χ2n) is 3.87. The van der Waals surface area contributed by atoms with Gasteiger partial charge >= 0.3 is 0 Å². The van der Waals surface area contributed by atoms with Gasteiger partial charge in [0.1, 0.15) is 5.82 Å². The van der Waals surface area contributed by atoms with Crippen molar-refractivity contribution in [2.45, 2.75) is 11.4 Å². The molecule has 5 nitrogen and oxygen atoms in total. The Morgan fingerprint density at radius 1 is 1.21 bits per heavy atom. The third-order valence-electron chi connectivity index (χ3n) is 2.44. The van der Waals surface area contributed by atoms with E-state index in [0.29, 0.717) is 0 Å². The van der Waals surface area contributed by atoms with Gasteiger partial charge < -0.3 is 5.73 Å². The van der Waals surface area contributed by atoms with Gasteiger partial charge in [-0.2, -0.15) is 0 Å². The first kappa shape index (κ1) is 14.0. The summed E-state index contributed by atoms with van der Waals surface area (Å²) < 4.78 is 27.5. The van der Waals surface area contributed by atoms with Gasteiger partial charge in [-0.15, -0.1) is 0 Å². The number of nitrogens with zero attached hydrogens (tertiary/aromatic N) is 1. The molecule has 2 aromatic rings. The largest absolute Gasteiger partial charge is 0.384 e. The van der Waals surface area contributed by atoms with Crippen molar-refractivity contribution in [2.24, 2.45) is 0 Å². The van der Waals surface area contributed by atoms with Gasteiger partial charge in [-0.1, -0.05) is 28.1 Å². The number of nitrogens with one attached hydrogen (secondary N) is 1. The van der Waals surface area contributed by atoms with E-state index in [-0.39, 0.29) is 17.3 Å². The molecule has 0 spiro atoms. The molecule has 0 aliphatic rings. The number of hydrogen-bond donors (Lipinski definition) is 2. The van der Waals surface area contributed by atoms with Crippen LogP contribution in [0.1, 0.15) is 5.56 Å². The molecule has 0 bridgehead atoms. The van der Waals surface area contributed by atoms with Gasteiger partial charge in [0.05, 0.1) is 4.90 Å². The zero-order chi connectivity index (χ0) is 13.9. The minimum atomic E-state index is -3.57. The van der Waals surface area contributed by atoms with Crippen LogP contribution in [-0.4, -0.2) is 13.4 Å². The van der Waals surface area contributed by atoms with Crippen LogP contribution in [0.15, 0.2) is 52.0 Å². The number of aromatic nitrogens is 1. The van der Waals surface area contributed by atoms with Crippen LogP contribution in [0.5, 0.6) is 0 Å². The molecule has 1 aromatic heterocycles. The standard InChI is InChI=1S/C12H12BrN3O2S/c13-10-3-1-9(2-4-10)8-16-19(17,18)11-5-6-15-12(14)7-11/h1-7,16H,8H2,(H2,14,15). The van der Waals surface area contributed by atoms with Crippen molar-refractivity contribution in [1.82, 2.24) is 9.71 Å². The van der Waals surface area contributed by atoms with Gasteiger partial charge in [0.25, 0.3) is 0 Å². The zero-order valence-corrected chi connectivity index (χ0v) is 12.3. The number of benzene rings is 1. The summed E-state index contributed by atoms with van der Waals surface area (Å²) in [5, 5.41) is 0.